The minimum atomic E-state index is -3.41. The maximum absolute atomic E-state index is 12.3. The normalized spacial score (nSPS) is 11.5. The minimum Gasteiger partial charge on any atom is -0.496 e. The third-order valence-electron chi connectivity index (χ3n) is 4.26. The van der Waals surface area contributed by atoms with Crippen LogP contribution in [0.5, 0.6) is 5.75 Å². The predicted octanol–water partition coefficient (Wildman–Crippen LogP) is 2.83. The summed E-state index contributed by atoms with van der Waals surface area (Å²) in [4.78, 5) is 6.43. The second kappa shape index (κ2) is 13.5. The highest BCUT2D eigenvalue weighted by molar-refractivity contribution is 14.0. The molecule has 0 saturated carbocycles. The number of para-hydroxylation sites is 1. The summed E-state index contributed by atoms with van der Waals surface area (Å²) in [7, 11) is 0.148. The number of hydrogen-bond acceptors (Lipinski definition) is 4. The topological polar surface area (TPSA) is 83.0 Å². The van der Waals surface area contributed by atoms with Crippen molar-refractivity contribution in [3.8, 4) is 5.75 Å². The van der Waals surface area contributed by atoms with Crippen molar-refractivity contribution < 1.29 is 13.2 Å². The van der Waals surface area contributed by atoms with Crippen molar-refractivity contribution in [3.63, 3.8) is 0 Å². The van der Waals surface area contributed by atoms with E-state index in [-0.39, 0.29) is 42.8 Å². The molecular weight excluding hydrogens is 515 g/mol. The SMILES string of the molecule is CCNC(=NCCS(=O)(=O)NCc1ccccc1)N(C)Cc1ccccc1OC.I. The van der Waals surface area contributed by atoms with Gasteiger partial charge in [0, 0.05) is 32.2 Å². The zero-order valence-electron chi connectivity index (χ0n) is 17.7. The first-order valence-electron chi connectivity index (χ1n) is 9.57. The fraction of sp³-hybridized carbons (Fsp3) is 0.381. The maximum atomic E-state index is 12.3. The molecule has 0 aliphatic rings. The maximum Gasteiger partial charge on any atom is 0.213 e. The second-order valence-electron chi connectivity index (χ2n) is 6.53. The number of sulfonamides is 1. The van der Waals surface area contributed by atoms with E-state index in [2.05, 4.69) is 15.0 Å². The van der Waals surface area contributed by atoms with Gasteiger partial charge in [-0.1, -0.05) is 48.5 Å². The number of ether oxygens (including phenoxy) is 1. The number of nitrogens with one attached hydrogen (secondary N) is 2. The summed E-state index contributed by atoms with van der Waals surface area (Å²) in [6, 6.07) is 17.2. The molecule has 0 atom stereocenters. The zero-order chi connectivity index (χ0) is 21.1. The zero-order valence-corrected chi connectivity index (χ0v) is 20.8. The van der Waals surface area contributed by atoms with Gasteiger partial charge in [-0.25, -0.2) is 13.1 Å². The van der Waals surface area contributed by atoms with Gasteiger partial charge in [0.1, 0.15) is 5.75 Å². The molecule has 0 unspecified atom stereocenters. The molecule has 0 heterocycles. The first kappa shape index (κ1) is 26.2. The highest BCUT2D eigenvalue weighted by Crippen LogP contribution is 2.18. The Morgan fingerprint density at radius 2 is 1.77 bits per heavy atom. The van der Waals surface area contributed by atoms with Crippen molar-refractivity contribution in [2.24, 2.45) is 4.99 Å². The van der Waals surface area contributed by atoms with Gasteiger partial charge in [0.15, 0.2) is 5.96 Å². The van der Waals surface area contributed by atoms with E-state index in [0.717, 1.165) is 16.9 Å². The summed E-state index contributed by atoms with van der Waals surface area (Å²) >= 11 is 0. The van der Waals surface area contributed by atoms with Crippen molar-refractivity contribution in [1.82, 2.24) is 14.9 Å². The number of halogens is 1. The third kappa shape index (κ3) is 8.88. The van der Waals surface area contributed by atoms with E-state index < -0.39 is 10.0 Å². The Hall–Kier alpha value is -1.85. The largest absolute Gasteiger partial charge is 0.496 e. The van der Waals surface area contributed by atoms with Crippen LogP contribution in [0.25, 0.3) is 0 Å². The van der Waals surface area contributed by atoms with E-state index in [1.807, 2.05) is 73.5 Å². The molecule has 0 aliphatic heterocycles. The van der Waals surface area contributed by atoms with Crippen molar-refractivity contribution in [2.75, 3.05) is 33.0 Å². The van der Waals surface area contributed by atoms with Gasteiger partial charge in [0.2, 0.25) is 10.0 Å². The number of nitrogens with zero attached hydrogens (tertiary/aromatic N) is 2. The summed E-state index contributed by atoms with van der Waals surface area (Å²) in [5.74, 6) is 1.39. The van der Waals surface area contributed by atoms with Crippen molar-refractivity contribution >= 4 is 40.0 Å². The molecule has 0 bridgehead atoms. The van der Waals surface area contributed by atoms with E-state index in [9.17, 15) is 8.42 Å². The van der Waals surface area contributed by atoms with Gasteiger partial charge in [-0.15, -0.1) is 24.0 Å². The third-order valence-corrected chi connectivity index (χ3v) is 5.56. The number of rotatable bonds is 10. The average molecular weight is 546 g/mol. The number of benzene rings is 2. The second-order valence-corrected chi connectivity index (χ2v) is 8.46. The summed E-state index contributed by atoms with van der Waals surface area (Å²) in [6.07, 6.45) is 0. The van der Waals surface area contributed by atoms with Crippen LogP contribution >= 0.6 is 24.0 Å². The molecule has 2 aromatic rings. The molecule has 2 aromatic carbocycles. The monoisotopic (exact) mass is 546 g/mol. The molecule has 0 aromatic heterocycles. The van der Waals surface area contributed by atoms with E-state index in [0.29, 0.717) is 19.0 Å². The Bertz CT molecular complexity index is 892. The Balaban J connectivity index is 0.00000450. The molecule has 30 heavy (non-hydrogen) atoms. The molecule has 7 nitrogen and oxygen atoms in total. The fourth-order valence-electron chi connectivity index (χ4n) is 2.77. The fourth-order valence-corrected chi connectivity index (χ4v) is 3.63. The summed E-state index contributed by atoms with van der Waals surface area (Å²) in [5, 5.41) is 3.20. The number of guanidine groups is 1. The summed E-state index contributed by atoms with van der Waals surface area (Å²) in [6.45, 7) is 3.71. The van der Waals surface area contributed by atoms with E-state index in [1.54, 1.807) is 7.11 Å². The molecule has 2 rings (SSSR count). The van der Waals surface area contributed by atoms with Crippen LogP contribution in [0.3, 0.4) is 0 Å². The van der Waals surface area contributed by atoms with Crippen LogP contribution in [0.4, 0.5) is 0 Å². The molecular formula is C21H31IN4O3S. The van der Waals surface area contributed by atoms with E-state index in [1.165, 1.54) is 0 Å². The van der Waals surface area contributed by atoms with Crippen molar-refractivity contribution in [2.45, 2.75) is 20.0 Å². The van der Waals surface area contributed by atoms with Gasteiger partial charge < -0.3 is 15.0 Å². The highest BCUT2D eigenvalue weighted by Gasteiger charge is 2.12. The molecule has 0 amide bonds. The Kier molecular flexibility index (Phi) is 11.7. The van der Waals surface area contributed by atoms with Gasteiger partial charge in [0.25, 0.3) is 0 Å². The molecule has 2 N–H and O–H groups in total. The first-order chi connectivity index (χ1) is 13.9. The van der Waals surface area contributed by atoms with Crippen molar-refractivity contribution in [1.29, 1.82) is 0 Å². The molecule has 0 aliphatic carbocycles. The first-order valence-corrected chi connectivity index (χ1v) is 11.2. The lowest BCUT2D eigenvalue weighted by atomic mass is 10.2. The lowest BCUT2D eigenvalue weighted by molar-refractivity contribution is 0.396. The van der Waals surface area contributed by atoms with Crippen LogP contribution in [-0.4, -0.2) is 52.3 Å². The summed E-state index contributed by atoms with van der Waals surface area (Å²) < 4.78 is 32.5. The lowest BCUT2D eigenvalue weighted by Gasteiger charge is -2.23. The Morgan fingerprint density at radius 3 is 2.43 bits per heavy atom. The molecule has 0 saturated heterocycles. The molecule has 0 radical (unpaired) electrons. The van der Waals surface area contributed by atoms with Crippen LogP contribution in [0.1, 0.15) is 18.1 Å². The number of hydrogen-bond donors (Lipinski definition) is 2. The van der Waals surface area contributed by atoms with Gasteiger partial charge in [-0.3, -0.25) is 4.99 Å². The van der Waals surface area contributed by atoms with E-state index >= 15 is 0 Å². The number of aliphatic imine (C=N–C) groups is 1. The lowest BCUT2D eigenvalue weighted by Crippen LogP contribution is -2.39. The molecule has 0 fully saturated rings. The Morgan fingerprint density at radius 1 is 1.10 bits per heavy atom. The van der Waals surface area contributed by atoms with Crippen LogP contribution in [-0.2, 0) is 23.1 Å². The quantitative estimate of drug-likeness (QED) is 0.272. The highest BCUT2D eigenvalue weighted by atomic mass is 127. The predicted molar refractivity (Wildman–Crippen MR) is 133 cm³/mol. The van der Waals surface area contributed by atoms with E-state index in [4.69, 9.17) is 4.74 Å². The Labute approximate surface area is 197 Å². The van der Waals surface area contributed by atoms with Gasteiger partial charge in [0.05, 0.1) is 19.4 Å². The van der Waals surface area contributed by atoms with Crippen LogP contribution < -0.4 is 14.8 Å². The standard InChI is InChI=1S/C21H30N4O3S.HI/c1-4-22-21(25(2)17-19-12-8-9-13-20(19)28-3)23-14-15-29(26,27)24-16-18-10-6-5-7-11-18;/h5-13,24H,4,14-17H2,1-3H3,(H,22,23);1H. The van der Waals surface area contributed by atoms with Gasteiger partial charge >= 0.3 is 0 Å². The number of methoxy groups -OCH3 is 1. The van der Waals surface area contributed by atoms with Crippen LogP contribution in [0, 0.1) is 0 Å². The molecule has 9 heteroatoms. The molecule has 166 valence electrons. The summed E-state index contributed by atoms with van der Waals surface area (Å²) in [5.41, 5.74) is 1.95. The van der Waals surface area contributed by atoms with Gasteiger partial charge in [-0.05, 0) is 18.6 Å². The molecule has 0 spiro atoms. The van der Waals surface area contributed by atoms with Crippen LogP contribution in [0.15, 0.2) is 59.6 Å². The minimum absolute atomic E-state index is 0. The van der Waals surface area contributed by atoms with Gasteiger partial charge in [-0.2, -0.15) is 0 Å². The average Bonchev–Trinajstić information content (AvgIpc) is 2.73. The smallest absolute Gasteiger partial charge is 0.213 e. The van der Waals surface area contributed by atoms with Crippen LogP contribution in [0.2, 0.25) is 0 Å². The van der Waals surface area contributed by atoms with Crippen molar-refractivity contribution in [3.05, 3.63) is 65.7 Å².